The summed E-state index contributed by atoms with van der Waals surface area (Å²) in [4.78, 5) is 9.00. The highest BCUT2D eigenvalue weighted by atomic mass is 15.1. The standard InChI is InChI=1S/C17H18N4/c1-2-9-21-16-6-7-18-11-15(16)20-17(21)13-3-4-14-12(10-13)5-8-19-14/h3-4,6-7,10-11,19H,2,5,8-9H2,1H3. The van der Waals surface area contributed by atoms with E-state index in [0.29, 0.717) is 0 Å². The van der Waals surface area contributed by atoms with Gasteiger partial charge in [0.2, 0.25) is 0 Å². The molecule has 1 aromatic carbocycles. The third-order valence-corrected chi connectivity index (χ3v) is 4.07. The molecule has 0 aliphatic carbocycles. The normalized spacial score (nSPS) is 13.4. The molecule has 0 fully saturated rings. The van der Waals surface area contributed by atoms with Crippen LogP contribution in [0, 0.1) is 0 Å². The Hall–Kier alpha value is -2.36. The van der Waals surface area contributed by atoms with Crippen LogP contribution in [-0.4, -0.2) is 21.1 Å². The second-order valence-corrected chi connectivity index (χ2v) is 5.50. The van der Waals surface area contributed by atoms with E-state index in [1.54, 1.807) is 0 Å². The molecule has 0 saturated heterocycles. The predicted molar refractivity (Wildman–Crippen MR) is 85.4 cm³/mol. The van der Waals surface area contributed by atoms with Gasteiger partial charge in [0.05, 0.1) is 11.7 Å². The average molecular weight is 278 g/mol. The number of hydrogen-bond acceptors (Lipinski definition) is 3. The van der Waals surface area contributed by atoms with Crippen LogP contribution in [0.4, 0.5) is 5.69 Å². The Labute approximate surface area is 123 Å². The Kier molecular flexibility index (Phi) is 2.88. The molecular formula is C17H18N4. The average Bonchev–Trinajstić information content (AvgIpc) is 3.11. The predicted octanol–water partition coefficient (Wildman–Crippen LogP) is 3.48. The zero-order valence-electron chi connectivity index (χ0n) is 12.1. The molecule has 0 amide bonds. The van der Waals surface area contributed by atoms with Gasteiger partial charge in [0.1, 0.15) is 11.3 Å². The Morgan fingerprint density at radius 3 is 3.14 bits per heavy atom. The number of anilines is 1. The minimum atomic E-state index is 0.972. The van der Waals surface area contributed by atoms with Gasteiger partial charge in [-0.3, -0.25) is 4.98 Å². The van der Waals surface area contributed by atoms with Gasteiger partial charge in [-0.25, -0.2) is 4.98 Å². The van der Waals surface area contributed by atoms with Crippen molar-refractivity contribution in [2.45, 2.75) is 26.3 Å². The molecule has 0 radical (unpaired) electrons. The lowest BCUT2D eigenvalue weighted by Gasteiger charge is -2.09. The number of hydrogen-bond donors (Lipinski definition) is 1. The first-order valence-corrected chi connectivity index (χ1v) is 7.54. The van der Waals surface area contributed by atoms with E-state index in [4.69, 9.17) is 4.98 Å². The smallest absolute Gasteiger partial charge is 0.141 e. The summed E-state index contributed by atoms with van der Waals surface area (Å²) < 4.78 is 2.31. The van der Waals surface area contributed by atoms with Crippen molar-refractivity contribution in [1.29, 1.82) is 0 Å². The van der Waals surface area contributed by atoms with E-state index in [9.17, 15) is 0 Å². The van der Waals surface area contributed by atoms with E-state index in [-0.39, 0.29) is 0 Å². The molecule has 0 bridgehead atoms. The fraction of sp³-hybridized carbons (Fsp3) is 0.294. The SMILES string of the molecule is CCCn1c(-c2ccc3c(c2)CCN3)nc2cnccc21. The van der Waals surface area contributed by atoms with Crippen LogP contribution < -0.4 is 5.32 Å². The molecule has 106 valence electrons. The van der Waals surface area contributed by atoms with E-state index in [2.05, 4.69) is 46.1 Å². The Morgan fingerprint density at radius 2 is 2.24 bits per heavy atom. The quantitative estimate of drug-likeness (QED) is 0.797. The molecule has 4 nitrogen and oxygen atoms in total. The van der Waals surface area contributed by atoms with E-state index in [0.717, 1.165) is 37.3 Å². The Balaban J connectivity index is 1.91. The van der Waals surface area contributed by atoms with Gasteiger partial charge in [-0.15, -0.1) is 0 Å². The van der Waals surface area contributed by atoms with Crippen molar-refractivity contribution < 1.29 is 0 Å². The maximum atomic E-state index is 4.81. The van der Waals surface area contributed by atoms with Gasteiger partial charge >= 0.3 is 0 Å². The molecule has 3 heterocycles. The fourth-order valence-corrected chi connectivity index (χ4v) is 3.10. The van der Waals surface area contributed by atoms with Crippen molar-refractivity contribution in [2.75, 3.05) is 11.9 Å². The van der Waals surface area contributed by atoms with E-state index in [1.165, 1.54) is 22.3 Å². The first-order chi connectivity index (χ1) is 10.4. The summed E-state index contributed by atoms with van der Waals surface area (Å²) in [5, 5.41) is 3.41. The topological polar surface area (TPSA) is 42.7 Å². The number of benzene rings is 1. The van der Waals surface area contributed by atoms with Gasteiger partial charge in [0, 0.05) is 30.5 Å². The number of imidazole rings is 1. The van der Waals surface area contributed by atoms with Crippen LogP contribution >= 0.6 is 0 Å². The molecule has 0 saturated carbocycles. The zero-order valence-corrected chi connectivity index (χ0v) is 12.1. The van der Waals surface area contributed by atoms with Crippen molar-refractivity contribution in [3.8, 4) is 11.4 Å². The number of aryl methyl sites for hydroxylation is 1. The first-order valence-electron chi connectivity index (χ1n) is 7.54. The van der Waals surface area contributed by atoms with Crippen LogP contribution in [0.15, 0.2) is 36.7 Å². The summed E-state index contributed by atoms with van der Waals surface area (Å²) in [6, 6.07) is 8.66. The molecule has 4 heteroatoms. The maximum absolute atomic E-state index is 4.81. The van der Waals surface area contributed by atoms with Crippen LogP contribution in [0.3, 0.4) is 0 Å². The summed E-state index contributed by atoms with van der Waals surface area (Å²) in [5.74, 6) is 1.05. The molecule has 1 aliphatic heterocycles. The van der Waals surface area contributed by atoms with Crippen LogP contribution in [0.2, 0.25) is 0 Å². The molecule has 0 spiro atoms. The lowest BCUT2D eigenvalue weighted by molar-refractivity contribution is 0.704. The Bertz CT molecular complexity index is 804. The van der Waals surface area contributed by atoms with Crippen molar-refractivity contribution in [3.05, 3.63) is 42.2 Å². The van der Waals surface area contributed by atoms with Crippen LogP contribution in [0.25, 0.3) is 22.4 Å². The molecule has 0 atom stereocenters. The summed E-state index contributed by atoms with van der Waals surface area (Å²) in [7, 11) is 0. The second-order valence-electron chi connectivity index (χ2n) is 5.50. The van der Waals surface area contributed by atoms with Gasteiger partial charge < -0.3 is 9.88 Å². The fourth-order valence-electron chi connectivity index (χ4n) is 3.10. The van der Waals surface area contributed by atoms with Gasteiger partial charge in [-0.2, -0.15) is 0 Å². The minimum Gasteiger partial charge on any atom is -0.384 e. The van der Waals surface area contributed by atoms with Gasteiger partial charge in [0.15, 0.2) is 0 Å². The summed E-state index contributed by atoms with van der Waals surface area (Å²) >= 11 is 0. The number of rotatable bonds is 3. The van der Waals surface area contributed by atoms with Crippen molar-refractivity contribution in [2.24, 2.45) is 0 Å². The Morgan fingerprint density at radius 1 is 1.29 bits per heavy atom. The molecule has 4 rings (SSSR count). The highest BCUT2D eigenvalue weighted by Crippen LogP contribution is 2.30. The monoisotopic (exact) mass is 278 g/mol. The van der Waals surface area contributed by atoms with Gasteiger partial charge in [-0.1, -0.05) is 6.92 Å². The number of nitrogens with one attached hydrogen (secondary N) is 1. The highest BCUT2D eigenvalue weighted by molar-refractivity contribution is 5.80. The summed E-state index contributed by atoms with van der Waals surface area (Å²) in [6.45, 7) is 4.21. The summed E-state index contributed by atoms with van der Waals surface area (Å²) in [6.07, 6.45) is 5.87. The van der Waals surface area contributed by atoms with Crippen molar-refractivity contribution >= 4 is 16.7 Å². The van der Waals surface area contributed by atoms with E-state index < -0.39 is 0 Å². The first kappa shape index (κ1) is 12.4. The zero-order chi connectivity index (χ0) is 14.2. The molecule has 0 unspecified atom stereocenters. The van der Waals surface area contributed by atoms with E-state index >= 15 is 0 Å². The van der Waals surface area contributed by atoms with Crippen molar-refractivity contribution in [1.82, 2.24) is 14.5 Å². The number of nitrogens with zero attached hydrogens (tertiary/aromatic N) is 3. The molecular weight excluding hydrogens is 260 g/mol. The number of pyridine rings is 1. The highest BCUT2D eigenvalue weighted by Gasteiger charge is 2.15. The number of fused-ring (bicyclic) bond motifs is 2. The molecule has 2 aromatic heterocycles. The van der Waals surface area contributed by atoms with Crippen molar-refractivity contribution in [3.63, 3.8) is 0 Å². The lowest BCUT2D eigenvalue weighted by atomic mass is 10.1. The molecule has 1 N–H and O–H groups in total. The van der Waals surface area contributed by atoms with Crippen LogP contribution in [-0.2, 0) is 13.0 Å². The number of aromatic nitrogens is 3. The largest absolute Gasteiger partial charge is 0.384 e. The lowest BCUT2D eigenvalue weighted by Crippen LogP contribution is -2.00. The second kappa shape index (κ2) is 4.88. The maximum Gasteiger partial charge on any atom is 0.141 e. The third-order valence-electron chi connectivity index (χ3n) is 4.07. The minimum absolute atomic E-state index is 0.972. The van der Waals surface area contributed by atoms with Crippen LogP contribution in [0.5, 0.6) is 0 Å². The van der Waals surface area contributed by atoms with E-state index in [1.807, 2.05) is 12.4 Å². The molecule has 1 aliphatic rings. The molecule has 3 aromatic rings. The van der Waals surface area contributed by atoms with Gasteiger partial charge in [-0.05, 0) is 42.7 Å². The van der Waals surface area contributed by atoms with Crippen LogP contribution in [0.1, 0.15) is 18.9 Å². The van der Waals surface area contributed by atoms with Gasteiger partial charge in [0.25, 0.3) is 0 Å². The molecule has 21 heavy (non-hydrogen) atoms. The third kappa shape index (κ3) is 1.98. The summed E-state index contributed by atoms with van der Waals surface area (Å²) in [5.41, 5.74) is 5.99.